The fourth-order valence-electron chi connectivity index (χ4n) is 4.93. The number of rotatable bonds is 7. The van der Waals surface area contributed by atoms with E-state index in [2.05, 4.69) is 4.90 Å². The van der Waals surface area contributed by atoms with E-state index >= 15 is 0 Å². The van der Waals surface area contributed by atoms with Gasteiger partial charge in [-0.05, 0) is 30.7 Å². The van der Waals surface area contributed by atoms with E-state index in [1.807, 2.05) is 4.90 Å². The maximum atomic E-state index is 13.5. The fourth-order valence-corrected chi connectivity index (χ4v) is 7.00. The summed E-state index contributed by atoms with van der Waals surface area (Å²) in [4.78, 5) is 4.55. The van der Waals surface area contributed by atoms with Crippen LogP contribution in [0.15, 0.2) is 47.4 Å². The summed E-state index contributed by atoms with van der Waals surface area (Å²) in [5.41, 5.74) is -2.65. The maximum absolute atomic E-state index is 13.5. The van der Waals surface area contributed by atoms with Crippen molar-refractivity contribution in [1.82, 2.24) is 9.21 Å². The van der Waals surface area contributed by atoms with Gasteiger partial charge in [0.1, 0.15) is 0 Å². The molecule has 0 saturated carbocycles. The minimum absolute atomic E-state index is 0.118. The largest absolute Gasteiger partial charge is 0.421 e. The van der Waals surface area contributed by atoms with Crippen molar-refractivity contribution >= 4 is 32.8 Å². The van der Waals surface area contributed by atoms with Crippen LogP contribution in [0.3, 0.4) is 0 Å². The van der Waals surface area contributed by atoms with E-state index in [4.69, 9.17) is 17.0 Å². The number of sulfonamides is 1. The standard InChI is InChI=1S/C25H32F3N3O5S2/c1-24(33,25(26,27)28)18-6-8-19(9-7-18)31-11-10-30(38(34,35)23-5-3-2-4-22(23)37)15-20(31)14-29-12-13-36-21(16-29)17-32/h2-3,5-9,20-21,32-33H,4,10-17H2,1H3/t20-,21+,24-/m0/s1. The van der Waals surface area contributed by atoms with Gasteiger partial charge in [0.15, 0.2) is 5.60 Å². The minimum Gasteiger partial charge on any atom is -0.394 e. The van der Waals surface area contributed by atoms with Gasteiger partial charge in [-0.1, -0.05) is 36.5 Å². The number of piperazine rings is 1. The van der Waals surface area contributed by atoms with Crippen LogP contribution in [0.4, 0.5) is 18.9 Å². The molecule has 3 atom stereocenters. The Morgan fingerprint density at radius 1 is 1.13 bits per heavy atom. The van der Waals surface area contributed by atoms with Gasteiger partial charge in [-0.15, -0.1) is 0 Å². The molecule has 0 spiro atoms. The maximum Gasteiger partial charge on any atom is 0.421 e. The molecule has 0 bridgehead atoms. The first-order chi connectivity index (χ1) is 17.8. The first kappa shape index (κ1) is 29.1. The Hall–Kier alpha value is -1.87. The molecule has 0 aromatic heterocycles. The minimum atomic E-state index is -4.83. The molecule has 2 N–H and O–H groups in total. The summed E-state index contributed by atoms with van der Waals surface area (Å²) in [6.45, 7) is 3.16. The number of anilines is 1. The molecule has 8 nitrogen and oxygen atoms in total. The number of hydrogen-bond donors (Lipinski definition) is 2. The summed E-state index contributed by atoms with van der Waals surface area (Å²) in [7, 11) is -3.84. The van der Waals surface area contributed by atoms with Gasteiger partial charge < -0.3 is 19.8 Å². The average molecular weight is 576 g/mol. The number of halogens is 3. The zero-order chi connectivity index (χ0) is 27.7. The molecule has 1 aromatic rings. The highest BCUT2D eigenvalue weighted by Gasteiger charge is 2.51. The van der Waals surface area contributed by atoms with Gasteiger partial charge >= 0.3 is 6.18 Å². The molecule has 0 unspecified atom stereocenters. The molecule has 2 heterocycles. The Morgan fingerprint density at radius 2 is 1.84 bits per heavy atom. The summed E-state index contributed by atoms with van der Waals surface area (Å²) >= 11 is 5.32. The normalized spacial score (nSPS) is 25.8. The number of alkyl halides is 3. The molecule has 2 aliphatic heterocycles. The van der Waals surface area contributed by atoms with Gasteiger partial charge in [-0.2, -0.15) is 17.5 Å². The molecule has 0 radical (unpaired) electrons. The van der Waals surface area contributed by atoms with Crippen molar-refractivity contribution in [2.75, 3.05) is 57.4 Å². The molecular formula is C25H32F3N3O5S2. The molecule has 210 valence electrons. The predicted octanol–water partition coefficient (Wildman–Crippen LogP) is 2.18. The summed E-state index contributed by atoms with van der Waals surface area (Å²) in [5, 5.41) is 19.6. The third-order valence-corrected chi connectivity index (χ3v) is 9.70. The van der Waals surface area contributed by atoms with Gasteiger partial charge in [-0.3, -0.25) is 4.90 Å². The molecule has 4 rings (SSSR count). The SMILES string of the molecule is C[C@](O)(c1ccc(N2CCN(S(=O)(=O)C3=CC=CCC3=S)C[C@@H]2CN2CCO[C@@H](CO)C2)cc1)C(F)(F)F. The van der Waals surface area contributed by atoms with Gasteiger partial charge in [0.05, 0.1) is 30.3 Å². The quantitative estimate of drug-likeness (QED) is 0.478. The van der Waals surface area contributed by atoms with Gasteiger partial charge in [0, 0.05) is 56.2 Å². The number of morpholine rings is 1. The summed E-state index contributed by atoms with van der Waals surface area (Å²) < 4.78 is 73.9. The fraction of sp³-hybridized carbons (Fsp3) is 0.560. The third kappa shape index (κ3) is 5.98. The Labute approximate surface area is 226 Å². The van der Waals surface area contributed by atoms with Crippen LogP contribution in [0, 0.1) is 0 Å². The summed E-state index contributed by atoms with van der Waals surface area (Å²) in [6.07, 6.45) is 0.200. The molecule has 0 amide bonds. The van der Waals surface area contributed by atoms with E-state index in [-0.39, 0.29) is 42.3 Å². The van der Waals surface area contributed by atoms with Crippen LogP contribution in [0.25, 0.3) is 0 Å². The predicted molar refractivity (Wildman–Crippen MR) is 141 cm³/mol. The highest BCUT2D eigenvalue weighted by Crippen LogP contribution is 2.39. The Kier molecular flexibility index (Phi) is 8.67. The highest BCUT2D eigenvalue weighted by atomic mass is 32.2. The van der Waals surface area contributed by atoms with Gasteiger partial charge in [0.2, 0.25) is 10.0 Å². The van der Waals surface area contributed by atoms with Crippen LogP contribution in [-0.2, 0) is 20.4 Å². The van der Waals surface area contributed by atoms with Crippen LogP contribution < -0.4 is 4.90 Å². The van der Waals surface area contributed by atoms with E-state index in [9.17, 15) is 31.8 Å². The van der Waals surface area contributed by atoms with E-state index in [1.54, 1.807) is 12.2 Å². The van der Waals surface area contributed by atoms with E-state index in [1.165, 1.54) is 34.6 Å². The molecule has 2 saturated heterocycles. The Balaban J connectivity index is 1.60. The lowest BCUT2D eigenvalue weighted by molar-refractivity contribution is -0.258. The van der Waals surface area contributed by atoms with Crippen molar-refractivity contribution in [2.45, 2.75) is 37.3 Å². The smallest absolute Gasteiger partial charge is 0.394 e. The van der Waals surface area contributed by atoms with E-state index in [0.717, 1.165) is 0 Å². The number of aliphatic hydroxyl groups is 2. The lowest BCUT2D eigenvalue weighted by Gasteiger charge is -2.45. The number of benzene rings is 1. The first-order valence-electron chi connectivity index (χ1n) is 12.4. The monoisotopic (exact) mass is 575 g/mol. The Morgan fingerprint density at radius 3 is 2.47 bits per heavy atom. The van der Waals surface area contributed by atoms with Gasteiger partial charge in [-0.25, -0.2) is 8.42 Å². The molecule has 1 aliphatic carbocycles. The lowest BCUT2D eigenvalue weighted by atomic mass is 9.95. The molecule has 1 aromatic carbocycles. The second-order valence-corrected chi connectivity index (χ2v) is 12.2. The van der Waals surface area contributed by atoms with E-state index < -0.39 is 21.8 Å². The van der Waals surface area contributed by atoms with Crippen LogP contribution in [0.2, 0.25) is 0 Å². The van der Waals surface area contributed by atoms with Crippen LogP contribution in [0.1, 0.15) is 18.9 Å². The van der Waals surface area contributed by atoms with Crippen LogP contribution >= 0.6 is 12.2 Å². The number of nitrogens with zero attached hydrogens (tertiary/aromatic N) is 3. The number of hydrogen-bond acceptors (Lipinski definition) is 8. The van der Waals surface area contributed by atoms with E-state index in [0.29, 0.717) is 56.7 Å². The number of ether oxygens (including phenoxy) is 1. The third-order valence-electron chi connectivity index (χ3n) is 7.23. The van der Waals surface area contributed by atoms with Gasteiger partial charge in [0.25, 0.3) is 0 Å². The van der Waals surface area contributed by atoms with Crippen molar-refractivity contribution in [3.05, 3.63) is 53.0 Å². The topological polar surface area (TPSA) is 93.6 Å². The van der Waals surface area contributed by atoms with Crippen molar-refractivity contribution < 1.29 is 36.5 Å². The number of thiocarbonyl (C=S) groups is 1. The van der Waals surface area contributed by atoms with Crippen LogP contribution in [-0.4, -0.2) is 104 Å². The van der Waals surface area contributed by atoms with Crippen molar-refractivity contribution in [2.24, 2.45) is 0 Å². The first-order valence-corrected chi connectivity index (χ1v) is 14.2. The molecule has 2 fully saturated rings. The van der Waals surface area contributed by atoms with Crippen molar-refractivity contribution in [3.8, 4) is 0 Å². The zero-order valence-corrected chi connectivity index (χ0v) is 22.6. The Bertz CT molecular complexity index is 1190. The average Bonchev–Trinajstić information content (AvgIpc) is 2.88. The molecule has 38 heavy (non-hydrogen) atoms. The van der Waals surface area contributed by atoms with Crippen molar-refractivity contribution in [3.63, 3.8) is 0 Å². The van der Waals surface area contributed by atoms with Crippen molar-refractivity contribution in [1.29, 1.82) is 0 Å². The molecule has 3 aliphatic rings. The molecule has 13 heteroatoms. The second-order valence-electron chi connectivity index (χ2n) is 9.85. The number of aliphatic hydroxyl groups excluding tert-OH is 1. The number of allylic oxidation sites excluding steroid dienone is 4. The summed E-state index contributed by atoms with van der Waals surface area (Å²) in [5.74, 6) is 0. The zero-order valence-electron chi connectivity index (χ0n) is 21.0. The molecular weight excluding hydrogens is 543 g/mol. The highest BCUT2D eigenvalue weighted by molar-refractivity contribution is 7.96. The van der Waals surface area contributed by atoms with Crippen LogP contribution in [0.5, 0.6) is 0 Å². The summed E-state index contributed by atoms with van der Waals surface area (Å²) in [6, 6.07) is 5.20. The lowest BCUT2D eigenvalue weighted by Crippen LogP contribution is -2.60. The second kappa shape index (κ2) is 11.3.